The van der Waals surface area contributed by atoms with Crippen LogP contribution in [0.5, 0.6) is 5.75 Å². The van der Waals surface area contributed by atoms with E-state index in [1.54, 1.807) is 23.9 Å². The summed E-state index contributed by atoms with van der Waals surface area (Å²) in [6, 6.07) is 22.5. The molecule has 0 amide bonds. The van der Waals surface area contributed by atoms with Gasteiger partial charge in [0.05, 0.1) is 12.5 Å². The summed E-state index contributed by atoms with van der Waals surface area (Å²) in [6.45, 7) is 0. The normalized spacial score (nSPS) is 16.4. The largest absolute Gasteiger partial charge is 0.485 e. The third-order valence-electron chi connectivity index (χ3n) is 5.47. The third kappa shape index (κ3) is 4.53. The Hall–Kier alpha value is -2.76. The fraction of sp³-hybridized carbons (Fsp3) is 0.240. The number of carboxylic acids is 1. The van der Waals surface area contributed by atoms with Crippen LogP contribution in [0.1, 0.15) is 41.7 Å². The Kier molecular flexibility index (Phi) is 6.11. The zero-order chi connectivity index (χ0) is 21.1. The molecular formula is C25H24O4S. The van der Waals surface area contributed by atoms with Crippen LogP contribution in [0.2, 0.25) is 0 Å². The number of hydrogen-bond acceptors (Lipinski definition) is 4. The maximum absolute atomic E-state index is 10.9. The van der Waals surface area contributed by atoms with Crippen LogP contribution in [0.3, 0.4) is 0 Å². The average Bonchev–Trinajstić information content (AvgIpc) is 2.78. The molecule has 4 nitrogen and oxygen atoms in total. The van der Waals surface area contributed by atoms with Gasteiger partial charge in [-0.2, -0.15) is 0 Å². The Morgan fingerprint density at radius 2 is 1.90 bits per heavy atom. The first-order chi connectivity index (χ1) is 14.5. The van der Waals surface area contributed by atoms with Crippen LogP contribution in [-0.2, 0) is 11.2 Å². The van der Waals surface area contributed by atoms with E-state index < -0.39 is 12.1 Å². The van der Waals surface area contributed by atoms with Gasteiger partial charge in [0.25, 0.3) is 0 Å². The molecule has 0 aliphatic carbocycles. The Morgan fingerprint density at radius 3 is 2.63 bits per heavy atom. The van der Waals surface area contributed by atoms with Crippen LogP contribution in [0.15, 0.2) is 71.6 Å². The molecule has 3 aromatic carbocycles. The second-order valence-electron chi connectivity index (χ2n) is 7.48. The number of aliphatic hydroxyl groups excluding tert-OH is 1. The topological polar surface area (TPSA) is 66.8 Å². The molecule has 0 fully saturated rings. The van der Waals surface area contributed by atoms with Crippen LogP contribution in [0.25, 0.3) is 11.1 Å². The van der Waals surface area contributed by atoms with E-state index in [0.29, 0.717) is 5.56 Å². The highest BCUT2D eigenvalue weighted by Crippen LogP contribution is 2.37. The third-order valence-corrected chi connectivity index (χ3v) is 6.20. The number of aliphatic hydroxyl groups is 1. The fourth-order valence-corrected chi connectivity index (χ4v) is 4.26. The van der Waals surface area contributed by atoms with Gasteiger partial charge >= 0.3 is 5.97 Å². The van der Waals surface area contributed by atoms with Gasteiger partial charge in [0, 0.05) is 4.90 Å². The second-order valence-corrected chi connectivity index (χ2v) is 8.36. The number of ether oxygens (including phenoxy) is 1. The van der Waals surface area contributed by atoms with Crippen molar-refractivity contribution in [1.82, 2.24) is 0 Å². The number of carbonyl (C=O) groups is 1. The van der Waals surface area contributed by atoms with Crippen molar-refractivity contribution in [2.75, 3.05) is 6.26 Å². The predicted octanol–water partition coefficient (Wildman–Crippen LogP) is 5.65. The molecule has 30 heavy (non-hydrogen) atoms. The smallest absolute Gasteiger partial charge is 0.306 e. The summed E-state index contributed by atoms with van der Waals surface area (Å²) in [7, 11) is 0. The summed E-state index contributed by atoms with van der Waals surface area (Å²) >= 11 is 1.73. The minimum absolute atomic E-state index is 0.0593. The molecule has 0 bridgehead atoms. The van der Waals surface area contributed by atoms with Crippen LogP contribution >= 0.6 is 11.8 Å². The van der Waals surface area contributed by atoms with Crippen LogP contribution < -0.4 is 4.74 Å². The molecule has 0 spiro atoms. The summed E-state index contributed by atoms with van der Waals surface area (Å²) in [5.74, 6) is -0.299. The molecular weight excluding hydrogens is 396 g/mol. The molecule has 5 heteroatoms. The fourth-order valence-electron chi connectivity index (χ4n) is 3.80. The van der Waals surface area contributed by atoms with Gasteiger partial charge in [0.1, 0.15) is 11.9 Å². The molecule has 1 aliphatic heterocycles. The van der Waals surface area contributed by atoms with Gasteiger partial charge in [-0.05, 0) is 65.1 Å². The number of benzene rings is 3. The summed E-state index contributed by atoms with van der Waals surface area (Å²) in [5, 5.41) is 19.0. The average molecular weight is 421 g/mol. The van der Waals surface area contributed by atoms with E-state index >= 15 is 0 Å². The number of carboxylic acid groups (broad SMARTS) is 1. The second kappa shape index (κ2) is 8.94. The molecule has 0 saturated carbocycles. The van der Waals surface area contributed by atoms with Gasteiger partial charge in [0.2, 0.25) is 0 Å². The zero-order valence-electron chi connectivity index (χ0n) is 16.7. The van der Waals surface area contributed by atoms with Gasteiger partial charge in [-0.15, -0.1) is 11.8 Å². The maximum Gasteiger partial charge on any atom is 0.306 e. The molecule has 2 N–H and O–H groups in total. The Bertz CT molecular complexity index is 1050. The Morgan fingerprint density at radius 1 is 1.10 bits per heavy atom. The lowest BCUT2D eigenvalue weighted by molar-refractivity contribution is -0.139. The minimum atomic E-state index is -1.03. The molecule has 1 heterocycles. The number of thioether (sulfide) groups is 1. The van der Waals surface area contributed by atoms with Crippen molar-refractivity contribution < 1.29 is 19.7 Å². The zero-order valence-corrected chi connectivity index (χ0v) is 17.6. The lowest BCUT2D eigenvalue weighted by atomic mass is 9.94. The molecule has 0 radical (unpaired) electrons. The van der Waals surface area contributed by atoms with E-state index in [-0.39, 0.29) is 12.5 Å². The van der Waals surface area contributed by atoms with E-state index in [4.69, 9.17) is 9.84 Å². The maximum atomic E-state index is 10.9. The lowest BCUT2D eigenvalue weighted by Crippen LogP contribution is -2.16. The van der Waals surface area contributed by atoms with Crippen molar-refractivity contribution in [2.24, 2.45) is 0 Å². The molecule has 2 atom stereocenters. The van der Waals surface area contributed by atoms with E-state index in [1.165, 1.54) is 16.0 Å². The van der Waals surface area contributed by atoms with E-state index in [0.717, 1.165) is 29.7 Å². The molecule has 1 unspecified atom stereocenters. The lowest BCUT2D eigenvalue weighted by Gasteiger charge is -2.27. The summed E-state index contributed by atoms with van der Waals surface area (Å²) in [4.78, 5) is 12.1. The SMILES string of the molecule is CSc1cccc(-c2ccc(C3CCc4ccc([C@H](O)CC(=O)O)cc4O3)cc2)c1. The molecule has 3 aromatic rings. The van der Waals surface area contributed by atoms with Gasteiger partial charge in [-0.3, -0.25) is 4.79 Å². The molecule has 154 valence electrons. The van der Waals surface area contributed by atoms with Crippen molar-refractivity contribution in [3.63, 3.8) is 0 Å². The highest BCUT2D eigenvalue weighted by Gasteiger charge is 2.23. The summed E-state index contributed by atoms with van der Waals surface area (Å²) in [6.07, 6.45) is 2.43. The van der Waals surface area contributed by atoms with Gasteiger partial charge in [0.15, 0.2) is 0 Å². The van der Waals surface area contributed by atoms with Gasteiger partial charge in [-0.25, -0.2) is 0 Å². The van der Waals surface area contributed by atoms with Gasteiger partial charge < -0.3 is 14.9 Å². The molecule has 0 saturated heterocycles. The first-order valence-electron chi connectivity index (χ1n) is 9.97. The monoisotopic (exact) mass is 420 g/mol. The van der Waals surface area contributed by atoms with Gasteiger partial charge in [-0.1, -0.05) is 48.5 Å². The number of aliphatic carboxylic acids is 1. The van der Waals surface area contributed by atoms with E-state index in [2.05, 4.69) is 54.8 Å². The molecule has 0 aromatic heterocycles. The van der Waals surface area contributed by atoms with Crippen LogP contribution in [0, 0.1) is 0 Å². The van der Waals surface area contributed by atoms with E-state index in [9.17, 15) is 9.90 Å². The highest BCUT2D eigenvalue weighted by molar-refractivity contribution is 7.98. The number of fused-ring (bicyclic) bond motifs is 1. The standard InChI is InChI=1S/C25H24O4S/c1-30-21-4-2-3-19(13-21)16-5-7-17(8-6-16)23-12-11-18-9-10-20(14-24(18)29-23)22(26)15-25(27)28/h2-10,13-14,22-23,26H,11-12,15H2,1H3,(H,27,28)/t22-,23?/m1/s1. The van der Waals surface area contributed by atoms with Crippen molar-refractivity contribution >= 4 is 17.7 Å². The number of aryl methyl sites for hydroxylation is 1. The minimum Gasteiger partial charge on any atom is -0.485 e. The number of hydrogen-bond donors (Lipinski definition) is 2. The van der Waals surface area contributed by atoms with Crippen molar-refractivity contribution in [1.29, 1.82) is 0 Å². The van der Waals surface area contributed by atoms with E-state index in [1.807, 2.05) is 6.07 Å². The van der Waals surface area contributed by atoms with Crippen LogP contribution in [-0.4, -0.2) is 22.4 Å². The summed E-state index contributed by atoms with van der Waals surface area (Å²) in [5.41, 5.74) is 5.14. The Labute approximate surface area is 180 Å². The predicted molar refractivity (Wildman–Crippen MR) is 119 cm³/mol. The van der Waals surface area contributed by atoms with Crippen molar-refractivity contribution in [2.45, 2.75) is 36.4 Å². The highest BCUT2D eigenvalue weighted by atomic mass is 32.2. The first-order valence-corrected chi connectivity index (χ1v) is 11.2. The quantitative estimate of drug-likeness (QED) is 0.505. The summed E-state index contributed by atoms with van der Waals surface area (Å²) < 4.78 is 6.23. The van der Waals surface area contributed by atoms with Crippen molar-refractivity contribution in [3.8, 4) is 16.9 Å². The Balaban J connectivity index is 1.52. The van der Waals surface area contributed by atoms with Crippen LogP contribution in [0.4, 0.5) is 0 Å². The number of rotatable bonds is 6. The first kappa shape index (κ1) is 20.5. The van der Waals surface area contributed by atoms with Crippen molar-refractivity contribution in [3.05, 3.63) is 83.4 Å². The molecule has 4 rings (SSSR count). The molecule has 1 aliphatic rings.